The van der Waals surface area contributed by atoms with Crippen LogP contribution >= 0.6 is 0 Å². The van der Waals surface area contributed by atoms with Crippen LogP contribution in [0.25, 0.3) is 0 Å². The van der Waals surface area contributed by atoms with Crippen LogP contribution in [0.5, 0.6) is 0 Å². The third-order valence-electron chi connectivity index (χ3n) is 2.85. The lowest BCUT2D eigenvalue weighted by Crippen LogP contribution is -2.32. The molecule has 1 aliphatic heterocycles. The molecule has 0 aromatic heterocycles. The van der Waals surface area contributed by atoms with E-state index >= 15 is 0 Å². The predicted octanol–water partition coefficient (Wildman–Crippen LogP) is 1.83. The van der Waals surface area contributed by atoms with E-state index in [0.29, 0.717) is 18.3 Å². The van der Waals surface area contributed by atoms with Gasteiger partial charge < -0.3 is 10.1 Å². The lowest BCUT2D eigenvalue weighted by atomic mass is 10.1. The molecule has 1 aromatic rings. The fourth-order valence-corrected chi connectivity index (χ4v) is 1.85. The first-order chi connectivity index (χ1) is 7.88. The van der Waals surface area contributed by atoms with Crippen LogP contribution in [0.1, 0.15) is 24.0 Å². The van der Waals surface area contributed by atoms with Crippen LogP contribution in [0.3, 0.4) is 0 Å². The van der Waals surface area contributed by atoms with Crippen molar-refractivity contribution in [3.8, 4) is 6.07 Å². The summed E-state index contributed by atoms with van der Waals surface area (Å²) in [6, 6.07) is 9.70. The molecule has 0 amide bonds. The topological polar surface area (TPSA) is 45.0 Å². The van der Waals surface area contributed by atoms with Crippen molar-refractivity contribution in [3.05, 3.63) is 35.4 Å². The van der Waals surface area contributed by atoms with Gasteiger partial charge in [0.15, 0.2) is 0 Å². The monoisotopic (exact) mass is 216 g/mol. The molecule has 2 rings (SSSR count). The van der Waals surface area contributed by atoms with E-state index in [4.69, 9.17) is 10.00 Å². The fraction of sp³-hybridized carbons (Fsp3) is 0.462. The number of piperidine rings is 1. The molecule has 1 aliphatic rings. The molecule has 84 valence electrons. The summed E-state index contributed by atoms with van der Waals surface area (Å²) in [6.07, 6.45) is 2.57. The molecule has 1 fully saturated rings. The highest BCUT2D eigenvalue weighted by molar-refractivity contribution is 5.31. The third kappa shape index (κ3) is 3.06. The Morgan fingerprint density at radius 1 is 1.25 bits per heavy atom. The molecule has 3 nitrogen and oxygen atoms in total. The Hall–Kier alpha value is -1.37. The summed E-state index contributed by atoms with van der Waals surface area (Å²) in [6.45, 7) is 2.76. The molecule has 0 aliphatic carbocycles. The van der Waals surface area contributed by atoms with E-state index < -0.39 is 0 Å². The Bertz CT molecular complexity index is 361. The summed E-state index contributed by atoms with van der Waals surface area (Å²) in [5.74, 6) is 0. The summed E-state index contributed by atoms with van der Waals surface area (Å²) in [5.41, 5.74) is 1.84. The van der Waals surface area contributed by atoms with Gasteiger partial charge in [-0.05, 0) is 43.6 Å². The highest BCUT2D eigenvalue weighted by atomic mass is 16.5. The first-order valence-electron chi connectivity index (χ1n) is 5.70. The SMILES string of the molecule is N#Cc1ccc(COC2CCNCC2)cc1. The molecule has 0 saturated carbocycles. The summed E-state index contributed by atoms with van der Waals surface area (Å²) in [7, 11) is 0. The number of ether oxygens (including phenoxy) is 1. The van der Waals surface area contributed by atoms with Gasteiger partial charge in [-0.3, -0.25) is 0 Å². The number of nitrogens with zero attached hydrogens (tertiary/aromatic N) is 1. The van der Waals surface area contributed by atoms with Crippen LogP contribution in [-0.2, 0) is 11.3 Å². The molecular weight excluding hydrogens is 200 g/mol. The van der Waals surface area contributed by atoms with Crippen molar-refractivity contribution in [1.29, 1.82) is 5.26 Å². The smallest absolute Gasteiger partial charge is 0.0991 e. The molecule has 1 saturated heterocycles. The van der Waals surface area contributed by atoms with Gasteiger partial charge in [-0.25, -0.2) is 0 Å². The molecule has 1 N–H and O–H groups in total. The Kier molecular flexibility index (Phi) is 3.92. The Morgan fingerprint density at radius 2 is 1.94 bits per heavy atom. The Morgan fingerprint density at radius 3 is 2.56 bits per heavy atom. The summed E-state index contributed by atoms with van der Waals surface area (Å²) < 4.78 is 5.82. The van der Waals surface area contributed by atoms with Gasteiger partial charge in [0.25, 0.3) is 0 Å². The molecule has 1 aromatic carbocycles. The minimum absolute atomic E-state index is 0.386. The normalized spacial score (nSPS) is 16.9. The zero-order chi connectivity index (χ0) is 11.2. The second-order valence-electron chi connectivity index (χ2n) is 4.07. The third-order valence-corrected chi connectivity index (χ3v) is 2.85. The van der Waals surface area contributed by atoms with Crippen molar-refractivity contribution in [1.82, 2.24) is 5.32 Å². The van der Waals surface area contributed by atoms with Crippen molar-refractivity contribution in [3.63, 3.8) is 0 Å². The van der Waals surface area contributed by atoms with E-state index in [1.165, 1.54) is 0 Å². The predicted molar refractivity (Wildman–Crippen MR) is 61.8 cm³/mol. The van der Waals surface area contributed by atoms with Crippen molar-refractivity contribution in [2.75, 3.05) is 13.1 Å². The first-order valence-corrected chi connectivity index (χ1v) is 5.70. The van der Waals surface area contributed by atoms with Crippen LogP contribution in [0, 0.1) is 11.3 Å². The van der Waals surface area contributed by atoms with Gasteiger partial charge in [0.1, 0.15) is 0 Å². The summed E-state index contributed by atoms with van der Waals surface area (Å²) in [4.78, 5) is 0. The molecule has 0 spiro atoms. The quantitative estimate of drug-likeness (QED) is 0.838. The first kappa shape index (κ1) is 11.1. The number of hydrogen-bond acceptors (Lipinski definition) is 3. The van der Waals surface area contributed by atoms with Crippen molar-refractivity contribution in [2.45, 2.75) is 25.6 Å². The minimum Gasteiger partial charge on any atom is -0.373 e. The lowest BCUT2D eigenvalue weighted by molar-refractivity contribution is 0.0212. The average molecular weight is 216 g/mol. The van der Waals surface area contributed by atoms with Gasteiger partial charge >= 0.3 is 0 Å². The molecule has 0 unspecified atom stereocenters. The molecule has 3 heteroatoms. The molecule has 0 radical (unpaired) electrons. The van der Waals surface area contributed by atoms with Gasteiger partial charge in [-0.2, -0.15) is 5.26 Å². The summed E-state index contributed by atoms with van der Waals surface area (Å²) >= 11 is 0. The van der Waals surface area contributed by atoms with Gasteiger partial charge in [0, 0.05) is 0 Å². The zero-order valence-electron chi connectivity index (χ0n) is 9.28. The van der Waals surface area contributed by atoms with Crippen molar-refractivity contribution >= 4 is 0 Å². The van der Waals surface area contributed by atoms with E-state index in [-0.39, 0.29) is 0 Å². The Labute approximate surface area is 96.0 Å². The minimum atomic E-state index is 0.386. The molecule has 0 atom stereocenters. The van der Waals surface area contributed by atoms with E-state index in [9.17, 15) is 0 Å². The van der Waals surface area contributed by atoms with E-state index in [1.54, 1.807) is 0 Å². The maximum atomic E-state index is 8.67. The van der Waals surface area contributed by atoms with Crippen LogP contribution in [0.4, 0.5) is 0 Å². The van der Waals surface area contributed by atoms with E-state index in [1.807, 2.05) is 24.3 Å². The standard InChI is InChI=1S/C13H16N2O/c14-9-11-1-3-12(4-2-11)10-16-13-5-7-15-8-6-13/h1-4,13,15H,5-8,10H2. The van der Waals surface area contributed by atoms with Crippen LogP contribution < -0.4 is 5.32 Å². The number of hydrogen-bond donors (Lipinski definition) is 1. The fourth-order valence-electron chi connectivity index (χ4n) is 1.85. The summed E-state index contributed by atoms with van der Waals surface area (Å²) in [5, 5.41) is 12.0. The number of nitriles is 1. The zero-order valence-corrected chi connectivity index (χ0v) is 9.28. The number of benzene rings is 1. The number of rotatable bonds is 3. The van der Waals surface area contributed by atoms with Crippen LogP contribution in [-0.4, -0.2) is 19.2 Å². The lowest BCUT2D eigenvalue weighted by Gasteiger charge is -2.22. The molecule has 0 bridgehead atoms. The molecule has 16 heavy (non-hydrogen) atoms. The highest BCUT2D eigenvalue weighted by Crippen LogP contribution is 2.11. The average Bonchev–Trinajstić information content (AvgIpc) is 2.38. The van der Waals surface area contributed by atoms with Gasteiger partial charge in [0.05, 0.1) is 24.3 Å². The van der Waals surface area contributed by atoms with Crippen LogP contribution in [0.2, 0.25) is 0 Å². The molecular formula is C13H16N2O. The second-order valence-corrected chi connectivity index (χ2v) is 4.07. The largest absolute Gasteiger partial charge is 0.373 e. The van der Waals surface area contributed by atoms with Gasteiger partial charge in [-0.15, -0.1) is 0 Å². The van der Waals surface area contributed by atoms with Gasteiger partial charge in [0.2, 0.25) is 0 Å². The van der Waals surface area contributed by atoms with Gasteiger partial charge in [-0.1, -0.05) is 12.1 Å². The van der Waals surface area contributed by atoms with E-state index in [0.717, 1.165) is 31.5 Å². The maximum absolute atomic E-state index is 8.67. The van der Waals surface area contributed by atoms with Crippen LogP contribution in [0.15, 0.2) is 24.3 Å². The highest BCUT2D eigenvalue weighted by Gasteiger charge is 2.12. The second kappa shape index (κ2) is 5.64. The Balaban J connectivity index is 1.82. The van der Waals surface area contributed by atoms with E-state index in [2.05, 4.69) is 11.4 Å². The molecule has 1 heterocycles. The number of nitrogens with one attached hydrogen (secondary N) is 1. The maximum Gasteiger partial charge on any atom is 0.0991 e. The van der Waals surface area contributed by atoms with Crippen molar-refractivity contribution < 1.29 is 4.74 Å². The van der Waals surface area contributed by atoms with Crippen molar-refractivity contribution in [2.24, 2.45) is 0 Å².